The van der Waals surface area contributed by atoms with Crippen molar-refractivity contribution in [1.82, 2.24) is 5.32 Å². The molecule has 0 heterocycles. The Bertz CT molecular complexity index is 406. The zero-order chi connectivity index (χ0) is 13.3. The number of benzene rings is 1. The molecule has 2 unspecified atom stereocenters. The van der Waals surface area contributed by atoms with Crippen molar-refractivity contribution < 1.29 is 0 Å². The van der Waals surface area contributed by atoms with Crippen molar-refractivity contribution in [2.75, 3.05) is 0 Å². The molecule has 0 bridgehead atoms. The quantitative estimate of drug-likeness (QED) is 0.832. The minimum absolute atomic E-state index is 0.325. The van der Waals surface area contributed by atoms with E-state index in [9.17, 15) is 0 Å². The van der Waals surface area contributed by atoms with E-state index in [0.29, 0.717) is 23.4 Å². The molecule has 0 aromatic heterocycles. The van der Waals surface area contributed by atoms with Crippen LogP contribution >= 0.6 is 0 Å². The van der Waals surface area contributed by atoms with Gasteiger partial charge in [-0.2, -0.15) is 0 Å². The first-order valence-electron chi connectivity index (χ1n) is 7.29. The van der Waals surface area contributed by atoms with Gasteiger partial charge in [0, 0.05) is 12.1 Å². The van der Waals surface area contributed by atoms with E-state index in [4.69, 9.17) is 0 Å². The van der Waals surface area contributed by atoms with E-state index in [1.165, 1.54) is 24.0 Å². The third-order valence-electron chi connectivity index (χ3n) is 4.42. The fourth-order valence-electron chi connectivity index (χ4n) is 3.30. The molecule has 1 heteroatoms. The van der Waals surface area contributed by atoms with Crippen molar-refractivity contribution in [2.24, 2.45) is 11.3 Å². The molecule has 2 atom stereocenters. The maximum atomic E-state index is 3.91. The van der Waals surface area contributed by atoms with Gasteiger partial charge in [0.05, 0.1) is 0 Å². The van der Waals surface area contributed by atoms with Gasteiger partial charge in [0.2, 0.25) is 0 Å². The minimum atomic E-state index is 0.325. The molecule has 100 valence electrons. The normalized spacial score (nSPS) is 23.1. The fourth-order valence-corrected chi connectivity index (χ4v) is 3.30. The van der Waals surface area contributed by atoms with E-state index >= 15 is 0 Å². The van der Waals surface area contributed by atoms with Crippen LogP contribution in [0.5, 0.6) is 0 Å². The highest BCUT2D eigenvalue weighted by Crippen LogP contribution is 2.45. The van der Waals surface area contributed by atoms with Crippen LogP contribution in [0.25, 0.3) is 0 Å². The van der Waals surface area contributed by atoms with Crippen LogP contribution in [0.2, 0.25) is 0 Å². The van der Waals surface area contributed by atoms with Gasteiger partial charge in [0.1, 0.15) is 0 Å². The van der Waals surface area contributed by atoms with Crippen molar-refractivity contribution in [2.45, 2.75) is 59.5 Å². The minimum Gasteiger partial charge on any atom is -0.306 e. The van der Waals surface area contributed by atoms with Gasteiger partial charge < -0.3 is 5.32 Å². The zero-order valence-electron chi connectivity index (χ0n) is 12.5. The van der Waals surface area contributed by atoms with Crippen molar-refractivity contribution >= 4 is 0 Å². The lowest BCUT2D eigenvalue weighted by Crippen LogP contribution is -2.40. The second-order valence-electron chi connectivity index (χ2n) is 6.72. The van der Waals surface area contributed by atoms with E-state index in [1.54, 1.807) is 0 Å². The molecule has 0 saturated carbocycles. The summed E-state index contributed by atoms with van der Waals surface area (Å²) in [7, 11) is 0. The Morgan fingerprint density at radius 1 is 1.28 bits per heavy atom. The number of hydrogen-bond acceptors (Lipinski definition) is 1. The van der Waals surface area contributed by atoms with Gasteiger partial charge in [-0.05, 0) is 35.3 Å². The van der Waals surface area contributed by atoms with Crippen LogP contribution < -0.4 is 5.32 Å². The smallest absolute Gasteiger partial charge is 0.0380 e. The molecule has 1 aromatic carbocycles. The summed E-state index contributed by atoms with van der Waals surface area (Å²) in [5.41, 5.74) is 3.37. The fraction of sp³-hybridized carbons (Fsp3) is 0.647. The van der Waals surface area contributed by atoms with E-state index in [-0.39, 0.29) is 0 Å². The highest BCUT2D eigenvalue weighted by atomic mass is 15.0. The van der Waals surface area contributed by atoms with Crippen molar-refractivity contribution in [3.8, 4) is 0 Å². The van der Waals surface area contributed by atoms with Crippen molar-refractivity contribution in [1.29, 1.82) is 0 Å². The number of rotatable bonds is 4. The predicted molar refractivity (Wildman–Crippen MR) is 78.7 cm³/mol. The second-order valence-corrected chi connectivity index (χ2v) is 6.72. The topological polar surface area (TPSA) is 12.0 Å². The lowest BCUT2D eigenvalue weighted by atomic mass is 9.84. The highest BCUT2D eigenvalue weighted by molar-refractivity contribution is 5.37. The molecular formula is C17H27N. The Kier molecular flexibility index (Phi) is 3.82. The van der Waals surface area contributed by atoms with Gasteiger partial charge in [0.25, 0.3) is 0 Å². The van der Waals surface area contributed by atoms with Crippen LogP contribution in [0, 0.1) is 11.3 Å². The monoisotopic (exact) mass is 245 g/mol. The Balaban J connectivity index is 2.25. The van der Waals surface area contributed by atoms with Crippen LogP contribution in [0.4, 0.5) is 0 Å². The maximum Gasteiger partial charge on any atom is 0.0380 e. The summed E-state index contributed by atoms with van der Waals surface area (Å²) in [5.74, 6) is 0.693. The summed E-state index contributed by atoms with van der Waals surface area (Å²) >= 11 is 0. The van der Waals surface area contributed by atoms with Crippen molar-refractivity contribution in [3.63, 3.8) is 0 Å². The second kappa shape index (κ2) is 5.05. The molecule has 1 aromatic rings. The Labute approximate surface area is 112 Å². The lowest BCUT2D eigenvalue weighted by Gasteiger charge is -2.34. The largest absolute Gasteiger partial charge is 0.306 e. The van der Waals surface area contributed by atoms with Gasteiger partial charge in [0.15, 0.2) is 0 Å². The Hall–Kier alpha value is -0.820. The molecule has 18 heavy (non-hydrogen) atoms. The predicted octanol–water partition coefficient (Wildman–Crippen LogP) is 4.33. The maximum absolute atomic E-state index is 3.91. The molecule has 1 aliphatic carbocycles. The summed E-state index contributed by atoms with van der Waals surface area (Å²) < 4.78 is 0. The average Bonchev–Trinajstić information content (AvgIpc) is 2.55. The van der Waals surface area contributed by atoms with Gasteiger partial charge in [-0.3, -0.25) is 0 Å². The van der Waals surface area contributed by atoms with E-state index in [0.717, 1.165) is 0 Å². The molecule has 1 nitrogen and oxygen atoms in total. The van der Waals surface area contributed by atoms with Crippen LogP contribution in [0.1, 0.15) is 58.2 Å². The average molecular weight is 245 g/mol. The molecule has 2 rings (SSSR count). The van der Waals surface area contributed by atoms with Gasteiger partial charge >= 0.3 is 0 Å². The van der Waals surface area contributed by atoms with Crippen LogP contribution in [-0.2, 0) is 6.42 Å². The molecule has 0 saturated heterocycles. The standard InChI is InChI=1S/C17H27N/c1-6-15(12(2)3)18-16-14-10-8-7-9-13(14)11-17(16,4)5/h7-10,12,15-16,18H,6,11H2,1-5H3. The first kappa shape index (κ1) is 13.6. The molecule has 0 fully saturated rings. The summed E-state index contributed by atoms with van der Waals surface area (Å²) in [5, 5.41) is 3.91. The first-order valence-corrected chi connectivity index (χ1v) is 7.29. The molecule has 0 spiro atoms. The van der Waals surface area contributed by atoms with Crippen molar-refractivity contribution in [3.05, 3.63) is 35.4 Å². The molecule has 0 radical (unpaired) electrons. The Morgan fingerprint density at radius 2 is 1.94 bits per heavy atom. The van der Waals surface area contributed by atoms with E-state index in [1.807, 2.05) is 0 Å². The number of fused-ring (bicyclic) bond motifs is 1. The summed E-state index contributed by atoms with van der Waals surface area (Å²) in [6, 6.07) is 10.0. The molecule has 0 amide bonds. The van der Waals surface area contributed by atoms with Crippen LogP contribution in [0.3, 0.4) is 0 Å². The zero-order valence-corrected chi connectivity index (χ0v) is 12.5. The van der Waals surface area contributed by atoms with E-state index in [2.05, 4.69) is 64.2 Å². The van der Waals surface area contributed by atoms with Crippen LogP contribution in [0.15, 0.2) is 24.3 Å². The van der Waals surface area contributed by atoms with Gasteiger partial charge in [-0.25, -0.2) is 0 Å². The lowest BCUT2D eigenvalue weighted by molar-refractivity contribution is 0.224. The molecule has 0 aliphatic heterocycles. The molecule has 1 aliphatic rings. The summed E-state index contributed by atoms with van der Waals surface area (Å²) in [6.45, 7) is 11.7. The third-order valence-corrected chi connectivity index (χ3v) is 4.42. The number of hydrogen-bond donors (Lipinski definition) is 1. The molecular weight excluding hydrogens is 218 g/mol. The highest BCUT2D eigenvalue weighted by Gasteiger charge is 2.39. The number of nitrogens with one attached hydrogen (secondary N) is 1. The van der Waals surface area contributed by atoms with Gasteiger partial charge in [-0.15, -0.1) is 0 Å². The SMILES string of the molecule is CCC(NC1c2ccccc2CC1(C)C)C(C)C. The summed E-state index contributed by atoms with van der Waals surface area (Å²) in [6.07, 6.45) is 2.39. The summed E-state index contributed by atoms with van der Waals surface area (Å²) in [4.78, 5) is 0. The van der Waals surface area contributed by atoms with E-state index < -0.39 is 0 Å². The third kappa shape index (κ3) is 2.47. The van der Waals surface area contributed by atoms with Crippen LogP contribution in [-0.4, -0.2) is 6.04 Å². The van der Waals surface area contributed by atoms with Gasteiger partial charge in [-0.1, -0.05) is 58.9 Å². The Morgan fingerprint density at radius 3 is 2.56 bits per heavy atom. The first-order chi connectivity index (χ1) is 8.45. The molecule has 1 N–H and O–H groups in total.